The van der Waals surface area contributed by atoms with Crippen molar-refractivity contribution in [3.63, 3.8) is 0 Å². The summed E-state index contributed by atoms with van der Waals surface area (Å²) in [4.78, 5) is 40.5. The molecule has 29 heavy (non-hydrogen) atoms. The van der Waals surface area contributed by atoms with Crippen LogP contribution in [0.1, 0.15) is 12.0 Å². The molecule has 2 heterocycles. The minimum absolute atomic E-state index is 0.0476. The summed E-state index contributed by atoms with van der Waals surface area (Å²) in [5, 5.41) is 2.87. The van der Waals surface area contributed by atoms with E-state index in [9.17, 15) is 23.2 Å². The van der Waals surface area contributed by atoms with Crippen molar-refractivity contribution in [2.45, 2.75) is 19.5 Å². The normalized spacial score (nSPS) is 11.1. The summed E-state index contributed by atoms with van der Waals surface area (Å²) in [5.41, 5.74) is 0.345. The Morgan fingerprint density at radius 1 is 1.17 bits per heavy atom. The molecule has 3 aromatic rings. The van der Waals surface area contributed by atoms with Gasteiger partial charge in [-0.25, -0.2) is 9.78 Å². The summed E-state index contributed by atoms with van der Waals surface area (Å²) in [6.45, 7) is -2.89. The van der Waals surface area contributed by atoms with E-state index in [4.69, 9.17) is 0 Å². The largest absolute Gasteiger partial charge is 0.435 e. The zero-order valence-corrected chi connectivity index (χ0v) is 15.7. The van der Waals surface area contributed by atoms with E-state index in [0.717, 1.165) is 10.1 Å². The van der Waals surface area contributed by atoms with Crippen LogP contribution in [0.5, 0.6) is 5.75 Å². The Hall–Kier alpha value is -3.56. The minimum atomic E-state index is -2.89. The first kappa shape index (κ1) is 20.2. The van der Waals surface area contributed by atoms with Gasteiger partial charge in [0.15, 0.2) is 0 Å². The van der Waals surface area contributed by atoms with Gasteiger partial charge in [0.25, 0.3) is 5.56 Å². The van der Waals surface area contributed by atoms with Gasteiger partial charge in [-0.3, -0.25) is 18.7 Å². The van der Waals surface area contributed by atoms with E-state index in [-0.39, 0.29) is 29.1 Å². The maximum Gasteiger partial charge on any atom is 0.387 e. The summed E-state index contributed by atoms with van der Waals surface area (Å²) in [5.74, 6) is -0.257. The van der Waals surface area contributed by atoms with E-state index >= 15 is 0 Å². The van der Waals surface area contributed by atoms with Gasteiger partial charge >= 0.3 is 12.3 Å². The van der Waals surface area contributed by atoms with E-state index < -0.39 is 17.9 Å². The Morgan fingerprint density at radius 3 is 2.52 bits per heavy atom. The summed E-state index contributed by atoms with van der Waals surface area (Å²) in [6.07, 6.45) is 1.89. The van der Waals surface area contributed by atoms with E-state index in [2.05, 4.69) is 15.0 Å². The summed E-state index contributed by atoms with van der Waals surface area (Å²) >= 11 is 0. The van der Waals surface area contributed by atoms with Crippen LogP contribution >= 0.6 is 0 Å². The van der Waals surface area contributed by atoms with Crippen molar-refractivity contribution in [1.29, 1.82) is 0 Å². The third kappa shape index (κ3) is 4.48. The second-order valence-electron chi connectivity index (χ2n) is 6.37. The van der Waals surface area contributed by atoms with E-state index in [1.807, 2.05) is 0 Å². The fraction of sp³-hybridized carbons (Fsp3) is 0.263. The van der Waals surface area contributed by atoms with Crippen molar-refractivity contribution in [1.82, 2.24) is 14.1 Å². The lowest BCUT2D eigenvalue weighted by molar-refractivity contribution is -0.116. The molecule has 1 N–H and O–H groups in total. The van der Waals surface area contributed by atoms with Crippen molar-refractivity contribution in [2.24, 2.45) is 14.1 Å². The molecule has 0 aliphatic rings. The third-order valence-corrected chi connectivity index (χ3v) is 4.37. The van der Waals surface area contributed by atoms with Gasteiger partial charge in [-0.05, 0) is 30.2 Å². The molecule has 0 spiro atoms. The number of aromatic nitrogens is 3. The highest BCUT2D eigenvalue weighted by Gasteiger charge is 2.12. The smallest absolute Gasteiger partial charge is 0.387 e. The second kappa shape index (κ2) is 8.21. The standard InChI is InChI=1S/C19H18F2N4O4/c1-24-16-14(17(27)25(2)19(24)28)9-12(10-22-16)23-15(26)8-5-11-3-6-13(7-4-11)29-18(20)21/h3-4,6-7,9-10,18H,5,8H2,1-2H3,(H,23,26). The molecule has 0 saturated carbocycles. The molecule has 3 rings (SSSR count). The maximum atomic E-state index is 12.3. The molecule has 0 unspecified atom stereocenters. The Bertz CT molecular complexity index is 1170. The number of halogens is 2. The number of hydrogen-bond donors (Lipinski definition) is 1. The highest BCUT2D eigenvalue weighted by molar-refractivity contribution is 5.92. The molecule has 10 heteroatoms. The molecule has 0 fully saturated rings. The Labute approximate surface area is 163 Å². The molecule has 1 amide bonds. The summed E-state index contributed by atoms with van der Waals surface area (Å²) in [7, 11) is 2.87. The van der Waals surface area contributed by atoms with Gasteiger partial charge in [-0.2, -0.15) is 8.78 Å². The molecule has 8 nitrogen and oxygen atoms in total. The van der Waals surface area contributed by atoms with E-state index in [0.29, 0.717) is 12.1 Å². The Kier molecular flexibility index (Phi) is 5.71. The van der Waals surface area contributed by atoms with Crippen LogP contribution < -0.4 is 21.3 Å². The zero-order valence-electron chi connectivity index (χ0n) is 15.7. The second-order valence-corrected chi connectivity index (χ2v) is 6.37. The molecule has 0 atom stereocenters. The predicted molar refractivity (Wildman–Crippen MR) is 102 cm³/mol. The molecular weight excluding hydrogens is 386 g/mol. The minimum Gasteiger partial charge on any atom is -0.435 e. The predicted octanol–water partition coefficient (Wildman–Crippen LogP) is 1.80. The number of fused-ring (bicyclic) bond motifs is 1. The number of pyridine rings is 1. The fourth-order valence-electron chi connectivity index (χ4n) is 2.85. The molecule has 0 radical (unpaired) electrons. The average molecular weight is 404 g/mol. The van der Waals surface area contributed by atoms with Crippen LogP contribution in [0.15, 0.2) is 46.1 Å². The Balaban J connectivity index is 1.68. The van der Waals surface area contributed by atoms with Crippen LogP contribution in [0.2, 0.25) is 0 Å². The maximum absolute atomic E-state index is 12.3. The van der Waals surface area contributed by atoms with Crippen molar-refractivity contribution in [3.05, 3.63) is 62.9 Å². The first-order valence-corrected chi connectivity index (χ1v) is 8.65. The Morgan fingerprint density at radius 2 is 1.86 bits per heavy atom. The van der Waals surface area contributed by atoms with Crippen LogP contribution in [-0.2, 0) is 25.3 Å². The SMILES string of the molecule is Cn1c(=O)c2cc(NC(=O)CCc3ccc(OC(F)F)cc3)cnc2n(C)c1=O. The number of nitrogens with zero attached hydrogens (tertiary/aromatic N) is 3. The number of amides is 1. The highest BCUT2D eigenvalue weighted by Crippen LogP contribution is 2.16. The van der Waals surface area contributed by atoms with Gasteiger partial charge in [0.2, 0.25) is 5.91 Å². The summed E-state index contributed by atoms with van der Waals surface area (Å²) < 4.78 is 30.8. The van der Waals surface area contributed by atoms with Gasteiger partial charge in [-0.1, -0.05) is 12.1 Å². The zero-order chi connectivity index (χ0) is 21.1. The highest BCUT2D eigenvalue weighted by atomic mass is 19.3. The number of ether oxygens (including phenoxy) is 1. The van der Waals surface area contributed by atoms with Crippen molar-refractivity contribution in [3.8, 4) is 5.75 Å². The van der Waals surface area contributed by atoms with Crippen LogP contribution in [-0.4, -0.2) is 26.6 Å². The molecule has 0 bridgehead atoms. The van der Waals surface area contributed by atoms with E-state index in [1.54, 1.807) is 12.1 Å². The number of benzene rings is 1. The number of carbonyl (C=O) groups is 1. The number of aryl methyl sites for hydroxylation is 2. The number of alkyl halides is 2. The first-order chi connectivity index (χ1) is 13.8. The van der Waals surface area contributed by atoms with Crippen LogP contribution in [0.4, 0.5) is 14.5 Å². The number of nitrogens with one attached hydrogen (secondary N) is 1. The van der Waals surface area contributed by atoms with Crippen molar-refractivity contribution < 1.29 is 18.3 Å². The lowest BCUT2D eigenvalue weighted by atomic mass is 10.1. The van der Waals surface area contributed by atoms with Gasteiger partial charge in [0.1, 0.15) is 11.4 Å². The molecule has 152 valence electrons. The van der Waals surface area contributed by atoms with Crippen LogP contribution in [0, 0.1) is 0 Å². The molecule has 0 saturated heterocycles. The molecule has 0 aliphatic carbocycles. The van der Waals surface area contributed by atoms with Gasteiger partial charge < -0.3 is 10.1 Å². The van der Waals surface area contributed by atoms with Gasteiger partial charge in [-0.15, -0.1) is 0 Å². The third-order valence-electron chi connectivity index (χ3n) is 4.37. The topological polar surface area (TPSA) is 95.2 Å². The monoisotopic (exact) mass is 404 g/mol. The number of rotatable bonds is 6. The molecule has 2 aromatic heterocycles. The average Bonchev–Trinajstić information content (AvgIpc) is 2.69. The molecule has 0 aliphatic heterocycles. The van der Waals surface area contributed by atoms with Crippen molar-refractivity contribution in [2.75, 3.05) is 5.32 Å². The van der Waals surface area contributed by atoms with Crippen LogP contribution in [0.3, 0.4) is 0 Å². The van der Waals surface area contributed by atoms with Gasteiger partial charge in [0.05, 0.1) is 17.3 Å². The van der Waals surface area contributed by atoms with E-state index in [1.165, 1.54) is 43.1 Å². The molecular formula is C19H18F2N4O4. The van der Waals surface area contributed by atoms with Crippen LogP contribution in [0.25, 0.3) is 11.0 Å². The number of anilines is 1. The first-order valence-electron chi connectivity index (χ1n) is 8.65. The lowest BCUT2D eigenvalue weighted by Gasteiger charge is -2.09. The quantitative estimate of drug-likeness (QED) is 0.676. The number of carbonyl (C=O) groups excluding carboxylic acids is 1. The molecule has 1 aromatic carbocycles. The van der Waals surface area contributed by atoms with Crippen molar-refractivity contribution >= 4 is 22.6 Å². The lowest BCUT2D eigenvalue weighted by Crippen LogP contribution is -2.37. The number of hydrogen-bond acceptors (Lipinski definition) is 5. The van der Waals surface area contributed by atoms with Gasteiger partial charge in [0, 0.05) is 20.5 Å². The fourth-order valence-corrected chi connectivity index (χ4v) is 2.85. The summed E-state index contributed by atoms with van der Waals surface area (Å²) in [6, 6.07) is 7.50.